The molecule has 0 bridgehead atoms. The Kier molecular flexibility index (Phi) is 7.81. The standard InChI is InChI=1S/C25H28Br2ClN3O2S/c26-18-13-17-1-2-20-19(3-4-21(28)24(20)27)23(25(17)29-14-18)16-5-7-31(8-6-16)22(32)15-30-9-11-34(33)12-10-30/h3-4,13-14,16,23H,1-2,5-12,15H2. The maximum absolute atomic E-state index is 13.0. The van der Waals surface area contributed by atoms with Gasteiger partial charge in [0.25, 0.3) is 0 Å². The monoisotopic (exact) mass is 627 g/mol. The summed E-state index contributed by atoms with van der Waals surface area (Å²) in [4.78, 5) is 22.1. The van der Waals surface area contributed by atoms with Gasteiger partial charge < -0.3 is 4.90 Å². The smallest absolute Gasteiger partial charge is 0.236 e. The number of benzene rings is 1. The van der Waals surface area contributed by atoms with Gasteiger partial charge >= 0.3 is 0 Å². The maximum atomic E-state index is 13.0. The first kappa shape index (κ1) is 24.9. The first-order valence-corrected chi connectivity index (χ1v) is 15.3. The molecule has 3 heterocycles. The molecule has 1 amide bonds. The zero-order valence-electron chi connectivity index (χ0n) is 18.9. The number of nitrogens with zero attached hydrogens (tertiary/aromatic N) is 3. The highest BCUT2D eigenvalue weighted by Gasteiger charge is 2.36. The van der Waals surface area contributed by atoms with Crippen molar-refractivity contribution in [2.75, 3.05) is 44.2 Å². The van der Waals surface area contributed by atoms with Gasteiger partial charge in [0.15, 0.2) is 0 Å². The number of carbonyl (C=O) groups excluding carboxylic acids is 1. The van der Waals surface area contributed by atoms with Gasteiger partial charge in [-0.2, -0.15) is 0 Å². The van der Waals surface area contributed by atoms with Crippen molar-refractivity contribution < 1.29 is 9.00 Å². The summed E-state index contributed by atoms with van der Waals surface area (Å²) in [5, 5.41) is 0.750. The Balaban J connectivity index is 1.35. The fourth-order valence-electron chi connectivity index (χ4n) is 5.62. The summed E-state index contributed by atoms with van der Waals surface area (Å²) in [6, 6.07) is 6.39. The molecule has 3 aliphatic rings. The highest BCUT2D eigenvalue weighted by atomic mass is 79.9. The number of likely N-dealkylation sites (tertiary alicyclic amines) is 1. The first-order valence-electron chi connectivity index (χ1n) is 11.9. The Morgan fingerprint density at radius 3 is 2.59 bits per heavy atom. The summed E-state index contributed by atoms with van der Waals surface area (Å²) in [7, 11) is -0.718. The molecule has 5 rings (SSSR count). The highest BCUT2D eigenvalue weighted by Crippen LogP contribution is 2.45. The minimum atomic E-state index is -0.718. The van der Waals surface area contributed by atoms with Gasteiger partial charge in [-0.25, -0.2) is 0 Å². The molecule has 9 heteroatoms. The summed E-state index contributed by atoms with van der Waals surface area (Å²) in [5.74, 6) is 2.17. The third-order valence-electron chi connectivity index (χ3n) is 7.47. The number of aryl methyl sites for hydroxylation is 1. The largest absolute Gasteiger partial charge is 0.342 e. The molecule has 2 fully saturated rings. The van der Waals surface area contributed by atoms with Crippen LogP contribution in [0.25, 0.3) is 0 Å². The van der Waals surface area contributed by atoms with Crippen LogP contribution < -0.4 is 0 Å². The van der Waals surface area contributed by atoms with E-state index in [9.17, 15) is 9.00 Å². The van der Waals surface area contributed by atoms with E-state index in [0.29, 0.717) is 24.0 Å². The quantitative estimate of drug-likeness (QED) is 0.490. The number of hydrogen-bond donors (Lipinski definition) is 0. The first-order chi connectivity index (χ1) is 16.4. The lowest BCUT2D eigenvalue weighted by Crippen LogP contribution is -2.47. The van der Waals surface area contributed by atoms with Crippen LogP contribution in [0.2, 0.25) is 5.02 Å². The highest BCUT2D eigenvalue weighted by molar-refractivity contribution is 9.10. The van der Waals surface area contributed by atoms with E-state index in [1.165, 1.54) is 22.4 Å². The lowest BCUT2D eigenvalue weighted by Gasteiger charge is -2.38. The van der Waals surface area contributed by atoms with E-state index in [1.54, 1.807) is 0 Å². The summed E-state index contributed by atoms with van der Waals surface area (Å²) >= 11 is 13.8. The predicted molar refractivity (Wildman–Crippen MR) is 144 cm³/mol. The van der Waals surface area contributed by atoms with Crippen molar-refractivity contribution in [1.82, 2.24) is 14.8 Å². The predicted octanol–water partition coefficient (Wildman–Crippen LogP) is 4.79. The van der Waals surface area contributed by atoms with Gasteiger partial charge in [0.05, 0.1) is 17.3 Å². The van der Waals surface area contributed by atoms with E-state index in [4.69, 9.17) is 16.6 Å². The molecule has 2 saturated heterocycles. The average Bonchev–Trinajstić information content (AvgIpc) is 3.00. The fraction of sp³-hybridized carbons (Fsp3) is 0.520. The number of rotatable bonds is 3. The van der Waals surface area contributed by atoms with Crippen LogP contribution in [-0.2, 0) is 28.4 Å². The van der Waals surface area contributed by atoms with Crippen LogP contribution in [0, 0.1) is 5.92 Å². The molecule has 1 aliphatic carbocycles. The summed E-state index contributed by atoms with van der Waals surface area (Å²) in [6.45, 7) is 3.50. The molecule has 0 spiro atoms. The zero-order chi connectivity index (χ0) is 23.8. The molecule has 0 radical (unpaired) electrons. The average molecular weight is 630 g/mol. The van der Waals surface area contributed by atoms with Crippen LogP contribution in [0.5, 0.6) is 0 Å². The van der Waals surface area contributed by atoms with E-state index in [-0.39, 0.29) is 11.8 Å². The molecule has 0 N–H and O–H groups in total. The van der Waals surface area contributed by atoms with E-state index in [0.717, 1.165) is 65.8 Å². The van der Waals surface area contributed by atoms with Crippen LogP contribution in [0.15, 0.2) is 33.3 Å². The second kappa shape index (κ2) is 10.7. The molecular formula is C25H28Br2ClN3O2S. The Morgan fingerprint density at radius 2 is 1.85 bits per heavy atom. The van der Waals surface area contributed by atoms with E-state index >= 15 is 0 Å². The topological polar surface area (TPSA) is 53.5 Å². The molecule has 1 unspecified atom stereocenters. The van der Waals surface area contributed by atoms with Crippen molar-refractivity contribution in [2.45, 2.75) is 31.6 Å². The molecule has 182 valence electrons. The number of carbonyl (C=O) groups is 1. The second-order valence-corrected chi connectivity index (χ2v) is 13.3. The SMILES string of the molecule is O=C(CN1CCS(=O)CC1)N1CCC(C2c3ccc(Cl)c(Br)c3CCc3cc(Br)cnc32)CC1. The van der Waals surface area contributed by atoms with Gasteiger partial charge in [-0.15, -0.1) is 0 Å². The molecule has 1 aromatic heterocycles. The van der Waals surface area contributed by atoms with E-state index in [2.05, 4.69) is 48.9 Å². The van der Waals surface area contributed by atoms with E-state index < -0.39 is 10.8 Å². The normalized spacial score (nSPS) is 22.2. The summed E-state index contributed by atoms with van der Waals surface area (Å²) in [6.07, 6.45) is 5.68. The van der Waals surface area contributed by atoms with Crippen molar-refractivity contribution >= 4 is 60.2 Å². The Labute approximate surface area is 225 Å². The van der Waals surface area contributed by atoms with Crippen molar-refractivity contribution in [3.05, 3.63) is 60.7 Å². The molecule has 1 aromatic carbocycles. The van der Waals surface area contributed by atoms with Gasteiger partial charge in [0, 0.05) is 69.5 Å². The molecule has 1 atom stereocenters. The molecule has 2 aliphatic heterocycles. The number of pyridine rings is 1. The van der Waals surface area contributed by atoms with Crippen molar-refractivity contribution in [1.29, 1.82) is 0 Å². The minimum Gasteiger partial charge on any atom is -0.342 e. The van der Waals surface area contributed by atoms with Crippen molar-refractivity contribution in [3.8, 4) is 0 Å². The molecule has 34 heavy (non-hydrogen) atoms. The van der Waals surface area contributed by atoms with Crippen LogP contribution in [0.1, 0.15) is 41.1 Å². The number of aromatic nitrogens is 1. The second-order valence-electron chi connectivity index (χ2n) is 9.45. The van der Waals surface area contributed by atoms with Crippen molar-refractivity contribution in [2.24, 2.45) is 5.92 Å². The molecule has 2 aromatic rings. The number of hydrogen-bond acceptors (Lipinski definition) is 4. The van der Waals surface area contributed by atoms with Crippen LogP contribution in [0.3, 0.4) is 0 Å². The van der Waals surface area contributed by atoms with E-state index in [1.807, 2.05) is 17.2 Å². The van der Waals surface area contributed by atoms with Gasteiger partial charge in [-0.3, -0.25) is 18.9 Å². The summed E-state index contributed by atoms with van der Waals surface area (Å²) < 4.78 is 13.6. The van der Waals surface area contributed by atoms with Crippen LogP contribution >= 0.6 is 43.5 Å². The minimum absolute atomic E-state index is 0.198. The lowest BCUT2D eigenvalue weighted by atomic mass is 9.76. The van der Waals surface area contributed by atoms with Crippen LogP contribution in [0.4, 0.5) is 0 Å². The fourth-order valence-corrected chi connectivity index (χ4v) is 7.86. The van der Waals surface area contributed by atoms with Gasteiger partial charge in [0.1, 0.15) is 0 Å². The van der Waals surface area contributed by atoms with Gasteiger partial charge in [0.2, 0.25) is 5.91 Å². The maximum Gasteiger partial charge on any atom is 0.236 e. The van der Waals surface area contributed by atoms with Gasteiger partial charge in [-0.1, -0.05) is 17.7 Å². The number of halogens is 3. The zero-order valence-corrected chi connectivity index (χ0v) is 23.7. The third kappa shape index (κ3) is 5.17. The Hall–Kier alpha value is -0.800. The Bertz CT molecular complexity index is 1110. The molecule has 0 saturated carbocycles. The molecular weight excluding hydrogens is 602 g/mol. The third-order valence-corrected chi connectivity index (χ3v) is 10.6. The lowest BCUT2D eigenvalue weighted by molar-refractivity contribution is -0.133. The number of fused-ring (bicyclic) bond motifs is 2. The van der Waals surface area contributed by atoms with Gasteiger partial charge in [-0.05, 0) is 92.3 Å². The number of amides is 1. The molecule has 5 nitrogen and oxygen atoms in total. The number of piperidine rings is 1. The van der Waals surface area contributed by atoms with Crippen LogP contribution in [-0.4, -0.2) is 69.1 Å². The van der Waals surface area contributed by atoms with Crippen molar-refractivity contribution in [3.63, 3.8) is 0 Å². The Morgan fingerprint density at radius 1 is 1.12 bits per heavy atom. The summed E-state index contributed by atoms with van der Waals surface area (Å²) in [5.41, 5.74) is 5.06.